The van der Waals surface area contributed by atoms with Crippen LogP contribution in [0.3, 0.4) is 0 Å². The third kappa shape index (κ3) is 2.27. The highest BCUT2D eigenvalue weighted by Crippen LogP contribution is 2.34. The summed E-state index contributed by atoms with van der Waals surface area (Å²) in [7, 11) is 2.24. The Balaban J connectivity index is 1.43. The van der Waals surface area contributed by atoms with Crippen LogP contribution in [0.25, 0.3) is 0 Å². The molecule has 2 unspecified atom stereocenters. The fourth-order valence-corrected chi connectivity index (χ4v) is 3.90. The highest BCUT2D eigenvalue weighted by Gasteiger charge is 2.38. The van der Waals surface area contributed by atoms with Gasteiger partial charge in [0.1, 0.15) is 13.2 Å². The quantitative estimate of drug-likeness (QED) is 0.815. The Bertz CT molecular complexity index is 491. The predicted molar refractivity (Wildman–Crippen MR) is 77.2 cm³/mol. The van der Waals surface area contributed by atoms with Gasteiger partial charge in [-0.05, 0) is 36.6 Å². The van der Waals surface area contributed by atoms with Crippen LogP contribution in [0.2, 0.25) is 0 Å². The summed E-state index contributed by atoms with van der Waals surface area (Å²) in [4.78, 5) is 5.06. The average molecular weight is 274 g/mol. The van der Waals surface area contributed by atoms with Crippen molar-refractivity contribution in [1.29, 1.82) is 0 Å². The number of hydrogen-bond acceptors (Lipinski definition) is 4. The van der Waals surface area contributed by atoms with Crippen LogP contribution in [0.5, 0.6) is 11.5 Å². The van der Waals surface area contributed by atoms with Gasteiger partial charge in [0.15, 0.2) is 11.5 Å². The van der Waals surface area contributed by atoms with Crippen molar-refractivity contribution in [3.8, 4) is 11.5 Å². The third-order valence-electron chi connectivity index (χ3n) is 4.76. The van der Waals surface area contributed by atoms with E-state index in [0.29, 0.717) is 13.2 Å². The molecule has 4 rings (SSSR count). The van der Waals surface area contributed by atoms with E-state index in [1.165, 1.54) is 31.7 Å². The molecule has 0 amide bonds. The number of likely N-dealkylation sites (tertiary alicyclic amines) is 2. The Morgan fingerprint density at radius 3 is 2.45 bits per heavy atom. The fourth-order valence-electron chi connectivity index (χ4n) is 3.90. The third-order valence-corrected chi connectivity index (χ3v) is 4.76. The van der Waals surface area contributed by atoms with Crippen molar-refractivity contribution in [2.75, 3.05) is 46.4 Å². The first-order chi connectivity index (χ1) is 9.78. The maximum atomic E-state index is 5.67. The number of benzene rings is 1. The number of nitrogens with zero attached hydrogens (tertiary/aromatic N) is 2. The second kappa shape index (κ2) is 4.93. The fraction of sp³-hybridized carbons (Fsp3) is 0.625. The number of hydrogen-bond donors (Lipinski definition) is 0. The monoisotopic (exact) mass is 274 g/mol. The molecule has 0 bridgehead atoms. The lowest BCUT2D eigenvalue weighted by molar-refractivity contribution is 0.171. The minimum Gasteiger partial charge on any atom is -0.486 e. The second-order valence-corrected chi connectivity index (χ2v) is 6.41. The Morgan fingerprint density at radius 1 is 1.00 bits per heavy atom. The molecule has 1 aromatic carbocycles. The Morgan fingerprint density at radius 2 is 1.70 bits per heavy atom. The van der Waals surface area contributed by atoms with Gasteiger partial charge in [-0.25, -0.2) is 0 Å². The van der Waals surface area contributed by atoms with Crippen molar-refractivity contribution >= 4 is 0 Å². The van der Waals surface area contributed by atoms with Gasteiger partial charge in [-0.2, -0.15) is 0 Å². The van der Waals surface area contributed by atoms with Gasteiger partial charge in [-0.3, -0.25) is 4.90 Å². The maximum Gasteiger partial charge on any atom is 0.161 e. The van der Waals surface area contributed by atoms with Gasteiger partial charge >= 0.3 is 0 Å². The number of fused-ring (bicyclic) bond motifs is 2. The van der Waals surface area contributed by atoms with Crippen molar-refractivity contribution in [1.82, 2.24) is 9.80 Å². The molecule has 0 aromatic heterocycles. The van der Waals surface area contributed by atoms with Gasteiger partial charge in [-0.15, -0.1) is 0 Å². The van der Waals surface area contributed by atoms with Gasteiger partial charge in [0.05, 0.1) is 0 Å². The van der Waals surface area contributed by atoms with Crippen LogP contribution in [0.15, 0.2) is 18.2 Å². The van der Waals surface area contributed by atoms with E-state index in [1.54, 1.807) is 0 Å². The zero-order valence-electron chi connectivity index (χ0n) is 12.0. The second-order valence-electron chi connectivity index (χ2n) is 6.41. The van der Waals surface area contributed by atoms with Crippen LogP contribution in [-0.2, 0) is 6.54 Å². The topological polar surface area (TPSA) is 24.9 Å². The smallest absolute Gasteiger partial charge is 0.161 e. The molecular formula is C16H22N2O2. The lowest BCUT2D eigenvalue weighted by Gasteiger charge is -2.22. The molecule has 0 N–H and O–H groups in total. The van der Waals surface area contributed by atoms with Crippen LogP contribution in [0, 0.1) is 11.8 Å². The van der Waals surface area contributed by atoms with Crippen LogP contribution < -0.4 is 9.47 Å². The largest absolute Gasteiger partial charge is 0.486 e. The molecule has 108 valence electrons. The van der Waals surface area contributed by atoms with E-state index in [2.05, 4.69) is 35.0 Å². The Kier molecular flexibility index (Phi) is 3.08. The van der Waals surface area contributed by atoms with Gasteiger partial charge < -0.3 is 14.4 Å². The van der Waals surface area contributed by atoms with E-state index in [0.717, 1.165) is 29.9 Å². The summed E-state index contributed by atoms with van der Waals surface area (Å²) in [6, 6.07) is 6.37. The standard InChI is InChI=1S/C16H22N2O2/c1-17-8-13-10-18(11-14(13)9-17)7-12-2-3-15-16(6-12)20-5-4-19-15/h2-3,6,13-14H,4-5,7-11H2,1H3. The molecule has 2 atom stereocenters. The summed E-state index contributed by atoms with van der Waals surface area (Å²) in [6.07, 6.45) is 0. The van der Waals surface area contributed by atoms with Crippen molar-refractivity contribution in [2.24, 2.45) is 11.8 Å². The van der Waals surface area contributed by atoms with E-state index in [4.69, 9.17) is 9.47 Å². The molecule has 4 nitrogen and oxygen atoms in total. The molecule has 1 aromatic rings. The lowest BCUT2D eigenvalue weighted by Crippen LogP contribution is -2.26. The molecule has 2 saturated heterocycles. The van der Waals surface area contributed by atoms with E-state index in [1.807, 2.05) is 0 Å². The molecule has 0 spiro atoms. The number of rotatable bonds is 2. The highest BCUT2D eigenvalue weighted by molar-refractivity contribution is 5.43. The minimum atomic E-state index is 0.662. The predicted octanol–water partition coefficient (Wildman–Crippen LogP) is 1.45. The first kappa shape index (κ1) is 12.5. The first-order valence-corrected chi connectivity index (χ1v) is 7.57. The summed E-state index contributed by atoms with van der Waals surface area (Å²) in [5, 5.41) is 0. The van der Waals surface area contributed by atoms with Crippen LogP contribution >= 0.6 is 0 Å². The summed E-state index contributed by atoms with van der Waals surface area (Å²) < 4.78 is 11.2. The molecule has 0 saturated carbocycles. The molecule has 20 heavy (non-hydrogen) atoms. The van der Waals surface area contributed by atoms with Crippen molar-refractivity contribution in [3.63, 3.8) is 0 Å². The summed E-state index contributed by atoms with van der Waals surface area (Å²) in [6.45, 7) is 7.37. The van der Waals surface area contributed by atoms with Crippen LogP contribution in [-0.4, -0.2) is 56.2 Å². The molecular weight excluding hydrogens is 252 g/mol. The first-order valence-electron chi connectivity index (χ1n) is 7.57. The molecule has 3 aliphatic rings. The molecule has 0 radical (unpaired) electrons. The summed E-state index contributed by atoms with van der Waals surface area (Å²) in [5.41, 5.74) is 1.34. The van der Waals surface area contributed by atoms with Crippen molar-refractivity contribution in [3.05, 3.63) is 23.8 Å². The normalized spacial score (nSPS) is 29.6. The molecule has 4 heteroatoms. The zero-order chi connectivity index (χ0) is 13.5. The number of ether oxygens (including phenoxy) is 2. The average Bonchev–Trinajstić information content (AvgIpc) is 2.95. The van der Waals surface area contributed by atoms with Crippen LogP contribution in [0.4, 0.5) is 0 Å². The molecule has 2 fully saturated rings. The summed E-state index contributed by atoms with van der Waals surface area (Å²) in [5.74, 6) is 3.54. The highest BCUT2D eigenvalue weighted by atomic mass is 16.6. The van der Waals surface area contributed by atoms with Crippen molar-refractivity contribution < 1.29 is 9.47 Å². The van der Waals surface area contributed by atoms with Gasteiger partial charge in [0, 0.05) is 32.7 Å². The van der Waals surface area contributed by atoms with Gasteiger partial charge in [0.25, 0.3) is 0 Å². The maximum absolute atomic E-state index is 5.67. The van der Waals surface area contributed by atoms with Crippen LogP contribution in [0.1, 0.15) is 5.56 Å². The van der Waals surface area contributed by atoms with E-state index in [9.17, 15) is 0 Å². The Hall–Kier alpha value is -1.26. The summed E-state index contributed by atoms with van der Waals surface area (Å²) >= 11 is 0. The molecule has 3 heterocycles. The van der Waals surface area contributed by atoms with Crippen molar-refractivity contribution in [2.45, 2.75) is 6.54 Å². The minimum absolute atomic E-state index is 0.662. The van der Waals surface area contributed by atoms with E-state index >= 15 is 0 Å². The Labute approximate surface area is 120 Å². The van der Waals surface area contributed by atoms with E-state index in [-0.39, 0.29) is 0 Å². The SMILES string of the molecule is CN1CC2CN(Cc3ccc4c(c3)OCCO4)CC2C1. The van der Waals surface area contributed by atoms with E-state index < -0.39 is 0 Å². The zero-order valence-corrected chi connectivity index (χ0v) is 12.0. The van der Waals surface area contributed by atoms with Gasteiger partial charge in [-0.1, -0.05) is 6.07 Å². The molecule has 0 aliphatic carbocycles. The van der Waals surface area contributed by atoms with Gasteiger partial charge in [0.2, 0.25) is 0 Å². The molecule has 3 aliphatic heterocycles. The lowest BCUT2D eigenvalue weighted by atomic mass is 10.0.